The van der Waals surface area contributed by atoms with E-state index < -0.39 is 23.6 Å². The molecule has 0 spiro atoms. The third kappa shape index (κ3) is 3.63. The number of ether oxygens (including phenoxy) is 1. The van der Waals surface area contributed by atoms with Gasteiger partial charge in [-0.2, -0.15) is 0 Å². The van der Waals surface area contributed by atoms with Crippen LogP contribution in [0.15, 0.2) is 48.5 Å². The lowest BCUT2D eigenvalue weighted by atomic mass is 9.88. The number of rotatable bonds is 7. The summed E-state index contributed by atoms with van der Waals surface area (Å²) >= 11 is 0. The fourth-order valence-electron chi connectivity index (χ4n) is 6.10. The molecule has 1 unspecified atom stereocenters. The molecule has 1 atom stereocenters. The predicted molar refractivity (Wildman–Crippen MR) is 126 cm³/mol. The molecular weight excluding hydrogens is 432 g/mol. The first-order valence-electron chi connectivity index (χ1n) is 12.1. The summed E-state index contributed by atoms with van der Waals surface area (Å²) in [5.41, 5.74) is 3.54. The molecule has 2 aromatic carbocycles. The van der Waals surface area contributed by atoms with Gasteiger partial charge in [-0.3, -0.25) is 4.79 Å². The van der Waals surface area contributed by atoms with Crippen LogP contribution in [0.1, 0.15) is 62.5 Å². The summed E-state index contributed by atoms with van der Waals surface area (Å²) in [5, 5.41) is 12.6. The maximum Gasteiger partial charge on any atom is 0.407 e. The molecule has 2 fully saturated rings. The number of carbonyl (C=O) groups excluding carboxylic acids is 2. The van der Waals surface area contributed by atoms with Crippen LogP contribution in [0.5, 0.6) is 0 Å². The lowest BCUT2D eigenvalue weighted by Gasteiger charge is -2.32. The first-order chi connectivity index (χ1) is 16.4. The number of hydrogen-bond donors (Lipinski definition) is 2. The van der Waals surface area contributed by atoms with Crippen molar-refractivity contribution in [2.45, 2.75) is 69.0 Å². The van der Waals surface area contributed by atoms with Crippen LogP contribution in [0, 0.1) is 0 Å². The molecule has 0 saturated carbocycles. The summed E-state index contributed by atoms with van der Waals surface area (Å²) in [6, 6.07) is 15.9. The monoisotopic (exact) mass is 462 g/mol. The topological polar surface area (TPSA) is 95.9 Å². The minimum Gasteiger partial charge on any atom is -0.479 e. The Morgan fingerprint density at radius 3 is 2.21 bits per heavy atom. The first-order valence-corrected chi connectivity index (χ1v) is 12.1. The molecule has 34 heavy (non-hydrogen) atoms. The predicted octanol–water partition coefficient (Wildman–Crippen LogP) is 4.30. The maximum atomic E-state index is 13.1. The lowest BCUT2D eigenvalue weighted by Crippen LogP contribution is -2.52. The van der Waals surface area contributed by atoms with Crippen LogP contribution in [-0.4, -0.2) is 52.2 Å². The molecule has 2 saturated heterocycles. The number of benzene rings is 2. The lowest BCUT2D eigenvalue weighted by molar-refractivity contribution is -0.155. The third-order valence-corrected chi connectivity index (χ3v) is 7.85. The van der Waals surface area contributed by atoms with E-state index in [0.717, 1.165) is 35.1 Å². The number of carboxylic acids is 1. The molecular formula is C27H30N2O5. The number of amides is 2. The number of nitrogens with one attached hydrogen (secondary N) is 1. The Morgan fingerprint density at radius 2 is 1.65 bits per heavy atom. The van der Waals surface area contributed by atoms with E-state index in [-0.39, 0.29) is 30.9 Å². The van der Waals surface area contributed by atoms with E-state index in [0.29, 0.717) is 19.3 Å². The molecule has 5 rings (SSSR count). The van der Waals surface area contributed by atoms with Crippen LogP contribution in [-0.2, 0) is 14.3 Å². The summed E-state index contributed by atoms with van der Waals surface area (Å²) in [4.78, 5) is 39.2. The highest BCUT2D eigenvalue weighted by Crippen LogP contribution is 2.47. The van der Waals surface area contributed by atoms with E-state index in [1.165, 1.54) is 0 Å². The number of fused-ring (bicyclic) bond motifs is 5. The van der Waals surface area contributed by atoms with E-state index in [1.54, 1.807) is 4.90 Å². The SMILES string of the molecule is CCC(CC(=O)N1C2CCC1(C(=O)O)CC2)NC(=O)OCC1c2ccccc2-c2ccccc21. The Kier molecular flexibility index (Phi) is 5.80. The van der Waals surface area contributed by atoms with Crippen molar-refractivity contribution >= 4 is 18.0 Å². The quantitative estimate of drug-likeness (QED) is 0.640. The molecule has 2 N–H and O–H groups in total. The van der Waals surface area contributed by atoms with Crippen LogP contribution in [0.25, 0.3) is 11.1 Å². The van der Waals surface area contributed by atoms with Crippen LogP contribution in [0.2, 0.25) is 0 Å². The van der Waals surface area contributed by atoms with Crippen molar-refractivity contribution in [1.82, 2.24) is 10.2 Å². The van der Waals surface area contributed by atoms with E-state index in [1.807, 2.05) is 31.2 Å². The van der Waals surface area contributed by atoms with Crippen molar-refractivity contribution in [2.24, 2.45) is 0 Å². The smallest absolute Gasteiger partial charge is 0.407 e. The Labute approximate surface area is 199 Å². The summed E-state index contributed by atoms with van der Waals surface area (Å²) < 4.78 is 5.62. The molecule has 3 aliphatic rings. The van der Waals surface area contributed by atoms with Gasteiger partial charge >= 0.3 is 12.1 Å². The molecule has 7 nitrogen and oxygen atoms in total. The van der Waals surface area contributed by atoms with E-state index in [9.17, 15) is 19.5 Å². The van der Waals surface area contributed by atoms with Crippen molar-refractivity contribution in [1.29, 1.82) is 0 Å². The largest absolute Gasteiger partial charge is 0.479 e. The van der Waals surface area contributed by atoms with Gasteiger partial charge < -0.3 is 20.1 Å². The van der Waals surface area contributed by atoms with Crippen molar-refractivity contribution in [2.75, 3.05) is 6.61 Å². The zero-order chi connectivity index (χ0) is 23.9. The van der Waals surface area contributed by atoms with Gasteiger partial charge in [-0.05, 0) is 54.4 Å². The molecule has 2 bridgehead atoms. The number of nitrogens with zero attached hydrogens (tertiary/aromatic N) is 1. The van der Waals surface area contributed by atoms with Gasteiger partial charge in [-0.25, -0.2) is 9.59 Å². The normalized spacial score (nSPS) is 23.3. The maximum absolute atomic E-state index is 13.1. The molecule has 1 aliphatic carbocycles. The van der Waals surface area contributed by atoms with Crippen LogP contribution in [0.4, 0.5) is 4.79 Å². The van der Waals surface area contributed by atoms with Crippen LogP contribution < -0.4 is 5.32 Å². The van der Waals surface area contributed by atoms with Crippen molar-refractivity contribution in [3.8, 4) is 11.1 Å². The van der Waals surface area contributed by atoms with Gasteiger partial charge in [0.05, 0.1) is 0 Å². The number of carbonyl (C=O) groups is 3. The number of hydrogen-bond acceptors (Lipinski definition) is 4. The molecule has 0 aromatic heterocycles. The second-order valence-electron chi connectivity index (χ2n) is 9.61. The second kappa shape index (κ2) is 8.78. The fourth-order valence-corrected chi connectivity index (χ4v) is 6.10. The van der Waals surface area contributed by atoms with Gasteiger partial charge in [-0.1, -0.05) is 55.5 Å². The highest BCUT2D eigenvalue weighted by molar-refractivity contribution is 5.89. The highest BCUT2D eigenvalue weighted by Gasteiger charge is 2.58. The molecule has 2 aliphatic heterocycles. The molecule has 2 aromatic rings. The highest BCUT2D eigenvalue weighted by atomic mass is 16.5. The van der Waals surface area contributed by atoms with E-state index >= 15 is 0 Å². The fraction of sp³-hybridized carbons (Fsp3) is 0.444. The van der Waals surface area contributed by atoms with Crippen molar-refractivity contribution in [3.63, 3.8) is 0 Å². The number of carboxylic acid groups (broad SMARTS) is 1. The van der Waals surface area contributed by atoms with Crippen molar-refractivity contribution < 1.29 is 24.2 Å². The number of alkyl carbamates (subject to hydrolysis) is 1. The molecule has 7 heteroatoms. The molecule has 2 heterocycles. The third-order valence-electron chi connectivity index (χ3n) is 7.85. The van der Waals surface area contributed by atoms with Gasteiger partial charge in [0.1, 0.15) is 12.1 Å². The summed E-state index contributed by atoms with van der Waals surface area (Å²) in [5.74, 6) is -1.15. The summed E-state index contributed by atoms with van der Waals surface area (Å²) in [6.45, 7) is 2.10. The Balaban J connectivity index is 1.21. The Bertz CT molecular complexity index is 1080. The van der Waals surface area contributed by atoms with Gasteiger partial charge in [0, 0.05) is 24.4 Å². The Morgan fingerprint density at radius 1 is 1.06 bits per heavy atom. The minimum absolute atomic E-state index is 0.00411. The summed E-state index contributed by atoms with van der Waals surface area (Å²) in [6.07, 6.45) is 2.55. The average Bonchev–Trinajstić information content (AvgIpc) is 3.51. The zero-order valence-electron chi connectivity index (χ0n) is 19.3. The zero-order valence-corrected chi connectivity index (χ0v) is 19.3. The summed E-state index contributed by atoms with van der Waals surface area (Å²) in [7, 11) is 0. The van der Waals surface area contributed by atoms with Gasteiger partial charge in [0.15, 0.2) is 0 Å². The van der Waals surface area contributed by atoms with Crippen LogP contribution >= 0.6 is 0 Å². The van der Waals surface area contributed by atoms with E-state index in [2.05, 4.69) is 29.6 Å². The minimum atomic E-state index is -1.07. The van der Waals surface area contributed by atoms with Crippen LogP contribution in [0.3, 0.4) is 0 Å². The number of aliphatic carboxylic acids is 1. The van der Waals surface area contributed by atoms with Gasteiger partial charge in [0.25, 0.3) is 0 Å². The first kappa shape index (κ1) is 22.4. The van der Waals surface area contributed by atoms with Gasteiger partial charge in [-0.15, -0.1) is 0 Å². The van der Waals surface area contributed by atoms with Gasteiger partial charge in [0.2, 0.25) is 5.91 Å². The van der Waals surface area contributed by atoms with Crippen molar-refractivity contribution in [3.05, 3.63) is 59.7 Å². The van der Waals surface area contributed by atoms with E-state index in [4.69, 9.17) is 4.74 Å². The second-order valence-corrected chi connectivity index (χ2v) is 9.61. The standard InChI is InChI=1S/C27H30N2O5/c1-2-17(15-24(30)29-18-11-13-27(29,14-12-18)25(31)32)28-26(33)34-16-23-21-9-5-3-7-19(21)20-8-4-6-10-22(20)23/h3-10,17-18,23H,2,11-16H2,1H3,(H,28,33)(H,31,32). The molecule has 0 radical (unpaired) electrons. The molecule has 178 valence electrons. The average molecular weight is 463 g/mol. The Hall–Kier alpha value is -3.35. The molecule has 2 amide bonds.